The van der Waals surface area contributed by atoms with Crippen LogP contribution in [0.4, 0.5) is 5.69 Å². The third-order valence-corrected chi connectivity index (χ3v) is 3.62. The first-order chi connectivity index (χ1) is 9.43. The molecule has 0 atom stereocenters. The van der Waals surface area contributed by atoms with Gasteiger partial charge in [0.25, 0.3) is 0 Å². The first kappa shape index (κ1) is 15.9. The lowest BCUT2D eigenvalue weighted by atomic mass is 9.82. The lowest BCUT2D eigenvalue weighted by molar-refractivity contribution is -0.149. The molecule has 1 amide bonds. The van der Waals surface area contributed by atoms with Gasteiger partial charge in [-0.15, -0.1) is 0 Å². The van der Waals surface area contributed by atoms with Gasteiger partial charge in [-0.25, -0.2) is 0 Å². The second-order valence-corrected chi connectivity index (χ2v) is 4.83. The Morgan fingerprint density at radius 2 is 2.00 bits per heavy atom. The maximum absolute atomic E-state index is 11.8. The van der Waals surface area contributed by atoms with Crippen LogP contribution in [0.15, 0.2) is 18.3 Å². The zero-order chi connectivity index (χ0) is 15.2. The smallest absolute Gasteiger partial charge is 0.311 e. The van der Waals surface area contributed by atoms with Crippen LogP contribution in [0.3, 0.4) is 0 Å². The largest absolute Gasteiger partial charge is 0.481 e. The standard InChI is InChI=1S/C14H21N3O3/c1-3-14(4-2,13(19)20)9-17-12(18)7-11-6-5-10(15)8-16-11/h5-6,8H,3-4,7,9,15H2,1-2H3,(H,17,18)(H,19,20). The van der Waals surface area contributed by atoms with Gasteiger partial charge in [-0.05, 0) is 25.0 Å². The Morgan fingerprint density at radius 3 is 2.45 bits per heavy atom. The number of pyridine rings is 1. The number of carbonyl (C=O) groups excluding carboxylic acids is 1. The number of anilines is 1. The van der Waals surface area contributed by atoms with E-state index in [2.05, 4.69) is 10.3 Å². The van der Waals surface area contributed by atoms with Crippen molar-refractivity contribution in [3.05, 3.63) is 24.0 Å². The van der Waals surface area contributed by atoms with Crippen molar-refractivity contribution in [1.82, 2.24) is 10.3 Å². The molecule has 6 nitrogen and oxygen atoms in total. The fraction of sp³-hybridized carbons (Fsp3) is 0.500. The summed E-state index contributed by atoms with van der Waals surface area (Å²) in [4.78, 5) is 27.2. The number of carboxylic acid groups (broad SMARTS) is 1. The Bertz CT molecular complexity index is 467. The monoisotopic (exact) mass is 279 g/mol. The maximum Gasteiger partial charge on any atom is 0.311 e. The number of rotatable bonds is 7. The van der Waals surface area contributed by atoms with Gasteiger partial charge >= 0.3 is 5.97 Å². The van der Waals surface area contributed by atoms with Crippen molar-refractivity contribution in [1.29, 1.82) is 0 Å². The van der Waals surface area contributed by atoms with E-state index in [-0.39, 0.29) is 18.9 Å². The van der Waals surface area contributed by atoms with E-state index >= 15 is 0 Å². The van der Waals surface area contributed by atoms with Crippen molar-refractivity contribution in [2.45, 2.75) is 33.1 Å². The summed E-state index contributed by atoms with van der Waals surface area (Å²) >= 11 is 0. The molecule has 0 bridgehead atoms. The molecular weight excluding hydrogens is 258 g/mol. The Hall–Kier alpha value is -2.11. The van der Waals surface area contributed by atoms with E-state index in [1.165, 1.54) is 6.20 Å². The highest BCUT2D eigenvalue weighted by atomic mass is 16.4. The number of amides is 1. The molecule has 0 saturated heterocycles. The van der Waals surface area contributed by atoms with Crippen LogP contribution >= 0.6 is 0 Å². The van der Waals surface area contributed by atoms with Gasteiger partial charge in [0.15, 0.2) is 0 Å². The van der Waals surface area contributed by atoms with Gasteiger partial charge in [0.1, 0.15) is 0 Å². The number of carbonyl (C=O) groups is 2. The van der Waals surface area contributed by atoms with E-state index in [1.807, 2.05) is 13.8 Å². The van der Waals surface area contributed by atoms with Gasteiger partial charge in [-0.2, -0.15) is 0 Å². The Balaban J connectivity index is 2.58. The SMILES string of the molecule is CCC(CC)(CNC(=O)Cc1ccc(N)cn1)C(=O)O. The van der Waals surface area contributed by atoms with Crippen molar-refractivity contribution in [2.75, 3.05) is 12.3 Å². The van der Waals surface area contributed by atoms with Gasteiger partial charge < -0.3 is 16.2 Å². The minimum atomic E-state index is -0.899. The summed E-state index contributed by atoms with van der Waals surface area (Å²) in [5, 5.41) is 12.0. The number of aliphatic carboxylic acids is 1. The lowest BCUT2D eigenvalue weighted by Crippen LogP contribution is -2.42. The molecule has 0 fully saturated rings. The summed E-state index contributed by atoms with van der Waals surface area (Å²) < 4.78 is 0. The molecule has 0 unspecified atom stereocenters. The summed E-state index contributed by atoms with van der Waals surface area (Å²) in [5.74, 6) is -1.12. The Labute approximate surface area is 118 Å². The van der Waals surface area contributed by atoms with E-state index in [0.717, 1.165) is 0 Å². The number of nitrogens with zero attached hydrogens (tertiary/aromatic N) is 1. The van der Waals surface area contributed by atoms with Gasteiger partial charge in [0, 0.05) is 12.2 Å². The highest BCUT2D eigenvalue weighted by molar-refractivity contribution is 5.80. The molecule has 0 spiro atoms. The molecule has 1 aromatic rings. The van der Waals surface area contributed by atoms with Crippen LogP contribution in [0.2, 0.25) is 0 Å². The zero-order valence-electron chi connectivity index (χ0n) is 11.8. The number of hydrogen-bond acceptors (Lipinski definition) is 4. The normalized spacial score (nSPS) is 11.1. The van der Waals surface area contributed by atoms with Crippen molar-refractivity contribution in [3.63, 3.8) is 0 Å². The molecule has 0 aliphatic rings. The van der Waals surface area contributed by atoms with Gasteiger partial charge in [0.2, 0.25) is 5.91 Å². The number of nitrogen functional groups attached to an aromatic ring is 1. The first-order valence-electron chi connectivity index (χ1n) is 6.64. The van der Waals surface area contributed by atoms with Crippen LogP contribution in [0.1, 0.15) is 32.4 Å². The summed E-state index contributed by atoms with van der Waals surface area (Å²) in [7, 11) is 0. The maximum atomic E-state index is 11.8. The summed E-state index contributed by atoms with van der Waals surface area (Å²) in [6, 6.07) is 3.36. The van der Waals surface area contributed by atoms with Crippen LogP contribution in [-0.4, -0.2) is 28.5 Å². The van der Waals surface area contributed by atoms with Crippen LogP contribution in [0.5, 0.6) is 0 Å². The fourth-order valence-corrected chi connectivity index (χ4v) is 1.91. The average molecular weight is 279 g/mol. The van der Waals surface area contributed by atoms with Crippen LogP contribution in [0, 0.1) is 5.41 Å². The number of aromatic nitrogens is 1. The van der Waals surface area contributed by atoms with Crippen LogP contribution < -0.4 is 11.1 Å². The van der Waals surface area contributed by atoms with E-state index < -0.39 is 11.4 Å². The minimum Gasteiger partial charge on any atom is -0.481 e. The van der Waals surface area contributed by atoms with E-state index in [1.54, 1.807) is 12.1 Å². The number of nitrogens with two attached hydrogens (primary N) is 1. The predicted molar refractivity (Wildman–Crippen MR) is 76.0 cm³/mol. The summed E-state index contributed by atoms with van der Waals surface area (Å²) in [6.45, 7) is 3.75. The molecular formula is C14H21N3O3. The molecule has 0 aliphatic heterocycles. The van der Waals surface area contributed by atoms with E-state index in [0.29, 0.717) is 24.2 Å². The number of nitrogens with one attached hydrogen (secondary N) is 1. The van der Waals surface area contributed by atoms with E-state index in [9.17, 15) is 14.7 Å². The first-order valence-corrected chi connectivity index (χ1v) is 6.64. The summed E-state index contributed by atoms with van der Waals surface area (Å²) in [6.07, 6.45) is 2.55. The molecule has 0 aliphatic carbocycles. The molecule has 1 aromatic heterocycles. The third-order valence-electron chi connectivity index (χ3n) is 3.62. The zero-order valence-corrected chi connectivity index (χ0v) is 11.8. The molecule has 110 valence electrons. The van der Waals surface area contributed by atoms with Crippen molar-refractivity contribution < 1.29 is 14.7 Å². The van der Waals surface area contributed by atoms with Crippen molar-refractivity contribution >= 4 is 17.6 Å². The molecule has 4 N–H and O–H groups in total. The predicted octanol–water partition coefficient (Wildman–Crippen LogP) is 1.21. The van der Waals surface area contributed by atoms with E-state index in [4.69, 9.17) is 5.73 Å². The highest BCUT2D eigenvalue weighted by Gasteiger charge is 2.35. The van der Waals surface area contributed by atoms with Gasteiger partial charge in [0.05, 0.1) is 23.7 Å². The second kappa shape index (κ2) is 6.88. The Kier molecular flexibility index (Phi) is 5.49. The number of hydrogen-bond donors (Lipinski definition) is 3. The minimum absolute atomic E-state index is 0.114. The average Bonchev–Trinajstić information content (AvgIpc) is 2.43. The molecule has 1 heterocycles. The molecule has 6 heteroatoms. The quantitative estimate of drug-likeness (QED) is 0.695. The highest BCUT2D eigenvalue weighted by Crippen LogP contribution is 2.25. The second-order valence-electron chi connectivity index (χ2n) is 4.83. The summed E-state index contributed by atoms with van der Waals surface area (Å²) in [5.41, 5.74) is 5.76. The fourth-order valence-electron chi connectivity index (χ4n) is 1.91. The molecule has 0 radical (unpaired) electrons. The van der Waals surface area contributed by atoms with Crippen molar-refractivity contribution in [3.8, 4) is 0 Å². The Morgan fingerprint density at radius 1 is 1.35 bits per heavy atom. The lowest BCUT2D eigenvalue weighted by Gasteiger charge is -2.26. The van der Waals surface area contributed by atoms with Crippen molar-refractivity contribution in [2.24, 2.45) is 5.41 Å². The molecule has 0 saturated carbocycles. The molecule has 1 rings (SSSR count). The molecule has 0 aromatic carbocycles. The third kappa shape index (κ3) is 3.94. The van der Waals surface area contributed by atoms with Crippen LogP contribution in [0.25, 0.3) is 0 Å². The van der Waals surface area contributed by atoms with Crippen LogP contribution in [-0.2, 0) is 16.0 Å². The topological polar surface area (TPSA) is 105 Å². The van der Waals surface area contributed by atoms with Gasteiger partial charge in [-0.1, -0.05) is 13.8 Å². The molecule has 20 heavy (non-hydrogen) atoms. The number of carboxylic acids is 1. The van der Waals surface area contributed by atoms with Gasteiger partial charge in [-0.3, -0.25) is 14.6 Å².